The number of nitrogens with zero attached hydrogens (tertiary/aromatic N) is 2. The van der Waals surface area contributed by atoms with E-state index in [0.717, 1.165) is 48.1 Å². The maximum Gasteiger partial charge on any atom is 0.355 e. The molecule has 1 aromatic heterocycles. The summed E-state index contributed by atoms with van der Waals surface area (Å²) in [6.45, 7) is 3.70. The Hall–Kier alpha value is -2.01. The molecule has 150 valence electrons. The number of hydrogen-bond acceptors (Lipinski definition) is 6. The molecule has 8 nitrogen and oxygen atoms in total. The summed E-state index contributed by atoms with van der Waals surface area (Å²) in [5.74, 6) is 0.676. The van der Waals surface area contributed by atoms with E-state index >= 15 is 0 Å². The van der Waals surface area contributed by atoms with E-state index in [-0.39, 0.29) is 4.21 Å². The van der Waals surface area contributed by atoms with Crippen molar-refractivity contribution in [1.82, 2.24) is 4.98 Å². The number of amides is 2. The van der Waals surface area contributed by atoms with Crippen LogP contribution in [-0.2, 0) is 34.8 Å². The van der Waals surface area contributed by atoms with Crippen LogP contribution in [0.4, 0.5) is 10.5 Å². The molecule has 28 heavy (non-hydrogen) atoms. The predicted molar refractivity (Wildman–Crippen MR) is 107 cm³/mol. The van der Waals surface area contributed by atoms with Crippen LogP contribution >= 0.6 is 11.3 Å². The molecule has 1 aliphatic carbocycles. The SMILES string of the molecule is CC(C)(O)c1ncc([S@@](N)(=O)=NC(=O)Nc2c3c(cc4c2OCC4)CCC3)s1. The van der Waals surface area contributed by atoms with Crippen LogP contribution in [0.3, 0.4) is 0 Å². The van der Waals surface area contributed by atoms with Gasteiger partial charge in [-0.15, -0.1) is 15.7 Å². The number of aliphatic hydroxyl groups is 1. The Balaban J connectivity index is 1.65. The van der Waals surface area contributed by atoms with E-state index in [0.29, 0.717) is 23.1 Å². The number of aryl methyl sites for hydroxylation is 1. The van der Waals surface area contributed by atoms with Crippen molar-refractivity contribution in [3.05, 3.63) is 34.0 Å². The molecule has 4 N–H and O–H groups in total. The van der Waals surface area contributed by atoms with Gasteiger partial charge in [0.15, 0.2) is 9.92 Å². The predicted octanol–water partition coefficient (Wildman–Crippen LogP) is 2.73. The fourth-order valence-corrected chi connectivity index (χ4v) is 5.57. The first-order valence-corrected chi connectivity index (χ1v) is 11.4. The van der Waals surface area contributed by atoms with E-state index < -0.39 is 21.5 Å². The molecule has 0 radical (unpaired) electrons. The Kier molecular flexibility index (Phi) is 4.69. The van der Waals surface area contributed by atoms with Gasteiger partial charge in [0.05, 0.1) is 18.5 Å². The topological polar surface area (TPSA) is 127 Å². The molecular formula is C18H22N4O4S2. The summed E-state index contributed by atoms with van der Waals surface area (Å²) in [6.07, 6.45) is 4.93. The molecule has 10 heteroatoms. The fourth-order valence-electron chi connectivity index (χ4n) is 3.51. The zero-order chi connectivity index (χ0) is 20.1. The van der Waals surface area contributed by atoms with Crippen molar-refractivity contribution >= 4 is 33.0 Å². The van der Waals surface area contributed by atoms with Crippen molar-refractivity contribution in [1.29, 1.82) is 0 Å². The van der Waals surface area contributed by atoms with Crippen molar-refractivity contribution < 1.29 is 18.8 Å². The van der Waals surface area contributed by atoms with Crippen molar-refractivity contribution in [3.63, 3.8) is 0 Å². The molecular weight excluding hydrogens is 400 g/mol. The van der Waals surface area contributed by atoms with E-state index in [1.807, 2.05) is 0 Å². The molecule has 0 saturated carbocycles. The van der Waals surface area contributed by atoms with Gasteiger partial charge in [-0.25, -0.2) is 19.1 Å². The highest BCUT2D eigenvalue weighted by Gasteiger charge is 2.27. The highest BCUT2D eigenvalue weighted by atomic mass is 32.2. The molecule has 0 saturated heterocycles. The Labute approximate surface area is 167 Å². The van der Waals surface area contributed by atoms with Gasteiger partial charge >= 0.3 is 6.03 Å². The summed E-state index contributed by atoms with van der Waals surface area (Å²) in [7, 11) is -3.48. The molecule has 2 aliphatic rings. The van der Waals surface area contributed by atoms with Gasteiger partial charge < -0.3 is 15.2 Å². The second-order valence-electron chi connectivity index (χ2n) is 7.46. The van der Waals surface area contributed by atoms with Crippen molar-refractivity contribution in [2.24, 2.45) is 9.50 Å². The van der Waals surface area contributed by atoms with E-state index in [9.17, 15) is 14.1 Å². The molecule has 1 atom stereocenters. The van der Waals surface area contributed by atoms with Gasteiger partial charge in [-0.05, 0) is 49.8 Å². The highest BCUT2D eigenvalue weighted by molar-refractivity contribution is 7.93. The van der Waals surface area contributed by atoms with Gasteiger partial charge in [0.2, 0.25) is 0 Å². The van der Waals surface area contributed by atoms with Crippen LogP contribution in [0.1, 0.15) is 42.0 Å². The maximum atomic E-state index is 12.8. The number of aromatic nitrogens is 1. The number of ether oxygens (including phenoxy) is 1. The molecule has 1 aliphatic heterocycles. The number of rotatable bonds is 3. The van der Waals surface area contributed by atoms with E-state index in [1.54, 1.807) is 13.8 Å². The summed E-state index contributed by atoms with van der Waals surface area (Å²) in [5, 5.41) is 18.9. The van der Waals surface area contributed by atoms with Crippen LogP contribution in [0.2, 0.25) is 0 Å². The first kappa shape index (κ1) is 19.3. The maximum absolute atomic E-state index is 12.8. The number of carbonyl (C=O) groups excluding carboxylic acids is 1. The van der Waals surface area contributed by atoms with Crippen LogP contribution in [0, 0.1) is 0 Å². The van der Waals surface area contributed by atoms with Gasteiger partial charge in [0.1, 0.15) is 20.6 Å². The Morgan fingerprint density at radius 2 is 2.18 bits per heavy atom. The number of urea groups is 1. The third-order valence-electron chi connectivity index (χ3n) is 4.79. The number of fused-ring (bicyclic) bond motifs is 2. The number of nitrogens with two attached hydrogens (primary N) is 1. The lowest BCUT2D eigenvalue weighted by Crippen LogP contribution is -2.18. The van der Waals surface area contributed by atoms with Crippen LogP contribution < -0.4 is 15.2 Å². The zero-order valence-electron chi connectivity index (χ0n) is 15.7. The standard InChI is InChI=1S/C18H22N4O4S2/c1-18(2,24)16-20-9-13(27-16)28(19,25)22-17(23)21-14-12-5-3-4-10(12)8-11-6-7-26-15(11)14/h8-9,24H,3-7H2,1-2H3,(H3,19,21,22,23,25)/t28-/m0/s1. The van der Waals surface area contributed by atoms with E-state index in [1.165, 1.54) is 11.8 Å². The lowest BCUT2D eigenvalue weighted by molar-refractivity contribution is 0.0783. The smallest absolute Gasteiger partial charge is 0.355 e. The summed E-state index contributed by atoms with van der Waals surface area (Å²) < 4.78 is 22.4. The highest BCUT2D eigenvalue weighted by Crippen LogP contribution is 2.42. The number of anilines is 1. The van der Waals surface area contributed by atoms with E-state index in [4.69, 9.17) is 9.88 Å². The van der Waals surface area contributed by atoms with Gasteiger partial charge in [0.25, 0.3) is 0 Å². The Morgan fingerprint density at radius 3 is 2.89 bits per heavy atom. The second-order valence-corrected chi connectivity index (χ2v) is 10.5. The minimum absolute atomic E-state index is 0.138. The molecule has 2 amide bonds. The molecule has 2 aromatic rings. The number of carbonyl (C=O) groups is 1. The normalized spacial score (nSPS) is 17.4. The van der Waals surface area contributed by atoms with Crippen LogP contribution in [0.15, 0.2) is 20.8 Å². The van der Waals surface area contributed by atoms with Crippen molar-refractivity contribution in [2.75, 3.05) is 11.9 Å². The molecule has 0 spiro atoms. The molecule has 0 unspecified atom stereocenters. The Morgan fingerprint density at radius 1 is 1.39 bits per heavy atom. The zero-order valence-corrected chi connectivity index (χ0v) is 17.3. The minimum atomic E-state index is -3.48. The average molecular weight is 423 g/mol. The lowest BCUT2D eigenvalue weighted by atomic mass is 10.0. The van der Waals surface area contributed by atoms with Crippen molar-refractivity contribution in [3.8, 4) is 5.75 Å². The molecule has 1 aromatic carbocycles. The summed E-state index contributed by atoms with van der Waals surface area (Å²) in [5.41, 5.74) is 2.76. The van der Waals surface area contributed by atoms with Gasteiger partial charge in [-0.3, -0.25) is 0 Å². The fraction of sp³-hybridized carbons (Fsp3) is 0.444. The monoisotopic (exact) mass is 422 g/mol. The average Bonchev–Trinajstić information content (AvgIpc) is 3.33. The van der Waals surface area contributed by atoms with Gasteiger partial charge in [-0.1, -0.05) is 6.07 Å². The molecule has 0 bridgehead atoms. The number of thiazole rings is 1. The van der Waals surface area contributed by atoms with Gasteiger partial charge in [0, 0.05) is 6.42 Å². The molecule has 2 heterocycles. The molecule has 4 rings (SSSR count). The Bertz CT molecular complexity index is 1050. The van der Waals surface area contributed by atoms with Gasteiger partial charge in [-0.2, -0.15) is 0 Å². The largest absolute Gasteiger partial charge is 0.491 e. The third kappa shape index (κ3) is 3.52. The van der Waals surface area contributed by atoms with E-state index in [2.05, 4.69) is 20.7 Å². The first-order valence-electron chi connectivity index (χ1n) is 9.00. The summed E-state index contributed by atoms with van der Waals surface area (Å²) >= 11 is 0.975. The first-order chi connectivity index (χ1) is 13.1. The summed E-state index contributed by atoms with van der Waals surface area (Å²) in [6, 6.07) is 1.36. The van der Waals surface area contributed by atoms with Crippen LogP contribution in [0.5, 0.6) is 5.75 Å². The quantitative estimate of drug-likeness (QED) is 0.701. The van der Waals surface area contributed by atoms with Crippen molar-refractivity contribution in [2.45, 2.75) is 49.3 Å². The van der Waals surface area contributed by atoms with Crippen LogP contribution in [-0.4, -0.2) is 26.9 Å². The minimum Gasteiger partial charge on any atom is -0.491 e. The molecule has 0 fully saturated rings. The third-order valence-corrected chi connectivity index (χ3v) is 7.98. The number of benzene rings is 1. The van der Waals surface area contributed by atoms with Crippen LogP contribution in [0.25, 0.3) is 0 Å². The number of hydrogen-bond donors (Lipinski definition) is 3. The lowest BCUT2D eigenvalue weighted by Gasteiger charge is -2.14. The number of nitrogens with one attached hydrogen (secondary N) is 1. The second kappa shape index (κ2) is 6.80. The summed E-state index contributed by atoms with van der Waals surface area (Å²) in [4.78, 5) is 16.6.